The standard InChI is InChI=1S/C19H17NO4/c1-19(2)11-15-16(23-14-7-5-13(20-3)6-8-14)9-12(18(21)22-4)10-17(15)24-19/h5-10H,11H2,1-2,4H3. The molecule has 0 radical (unpaired) electrons. The molecule has 0 amide bonds. The summed E-state index contributed by atoms with van der Waals surface area (Å²) in [4.78, 5) is 15.3. The number of fused-ring (bicyclic) bond motifs is 1. The van der Waals surface area contributed by atoms with E-state index in [1.807, 2.05) is 13.8 Å². The zero-order valence-electron chi connectivity index (χ0n) is 13.8. The fraction of sp³-hybridized carbons (Fsp3) is 0.263. The van der Waals surface area contributed by atoms with Crippen LogP contribution in [0.5, 0.6) is 17.2 Å². The lowest BCUT2D eigenvalue weighted by molar-refractivity contribution is 0.0599. The largest absolute Gasteiger partial charge is 0.487 e. The van der Waals surface area contributed by atoms with Crippen LogP contribution in [-0.2, 0) is 11.2 Å². The van der Waals surface area contributed by atoms with Gasteiger partial charge in [0, 0.05) is 12.0 Å². The molecule has 122 valence electrons. The number of nitrogens with zero attached hydrogens (tertiary/aromatic N) is 1. The third-order valence-corrected chi connectivity index (χ3v) is 3.77. The second-order valence-corrected chi connectivity index (χ2v) is 6.19. The van der Waals surface area contributed by atoms with Gasteiger partial charge < -0.3 is 14.2 Å². The van der Waals surface area contributed by atoms with Crippen LogP contribution in [0.1, 0.15) is 29.8 Å². The van der Waals surface area contributed by atoms with Crippen LogP contribution in [-0.4, -0.2) is 18.7 Å². The maximum atomic E-state index is 11.9. The Balaban J connectivity index is 2.01. The molecule has 24 heavy (non-hydrogen) atoms. The van der Waals surface area contributed by atoms with Gasteiger partial charge in [0.15, 0.2) is 5.69 Å². The van der Waals surface area contributed by atoms with Gasteiger partial charge in [-0.25, -0.2) is 9.64 Å². The molecular formula is C19H17NO4. The first kappa shape index (κ1) is 15.9. The highest BCUT2D eigenvalue weighted by atomic mass is 16.5. The molecule has 0 N–H and O–H groups in total. The zero-order valence-corrected chi connectivity index (χ0v) is 13.8. The number of carbonyl (C=O) groups is 1. The molecule has 0 fully saturated rings. The van der Waals surface area contributed by atoms with Crippen LogP contribution in [0, 0.1) is 6.57 Å². The van der Waals surface area contributed by atoms with E-state index < -0.39 is 5.97 Å². The van der Waals surface area contributed by atoms with Gasteiger partial charge in [0.1, 0.15) is 22.8 Å². The molecule has 0 spiro atoms. The van der Waals surface area contributed by atoms with Crippen molar-refractivity contribution in [2.24, 2.45) is 0 Å². The van der Waals surface area contributed by atoms with Gasteiger partial charge in [-0.05, 0) is 38.1 Å². The molecule has 0 atom stereocenters. The van der Waals surface area contributed by atoms with E-state index in [-0.39, 0.29) is 5.60 Å². The van der Waals surface area contributed by atoms with Crippen molar-refractivity contribution in [3.05, 3.63) is 58.9 Å². The van der Waals surface area contributed by atoms with Gasteiger partial charge in [0.05, 0.1) is 19.2 Å². The molecule has 1 aliphatic heterocycles. The predicted octanol–water partition coefficient (Wildman–Crippen LogP) is 4.53. The molecule has 3 rings (SSSR count). The third kappa shape index (κ3) is 3.04. The molecule has 5 nitrogen and oxygen atoms in total. The van der Waals surface area contributed by atoms with E-state index in [1.54, 1.807) is 36.4 Å². The normalized spacial score (nSPS) is 14.2. The molecular weight excluding hydrogens is 306 g/mol. The number of ether oxygens (including phenoxy) is 3. The lowest BCUT2D eigenvalue weighted by atomic mass is 10.00. The van der Waals surface area contributed by atoms with Crippen molar-refractivity contribution in [2.45, 2.75) is 25.9 Å². The van der Waals surface area contributed by atoms with Crippen LogP contribution in [0.3, 0.4) is 0 Å². The Kier molecular flexibility index (Phi) is 3.90. The van der Waals surface area contributed by atoms with Crippen LogP contribution in [0.2, 0.25) is 0 Å². The second-order valence-electron chi connectivity index (χ2n) is 6.19. The Bertz CT molecular complexity index is 832. The Morgan fingerprint density at radius 3 is 2.58 bits per heavy atom. The van der Waals surface area contributed by atoms with Gasteiger partial charge >= 0.3 is 5.97 Å². The SMILES string of the molecule is [C-]#[N+]c1ccc(Oc2cc(C(=O)OC)cc3c2CC(C)(C)O3)cc1. The minimum Gasteiger partial charge on any atom is -0.487 e. The Morgan fingerprint density at radius 2 is 1.96 bits per heavy atom. The number of carbonyl (C=O) groups excluding carboxylic acids is 1. The molecule has 1 aliphatic rings. The maximum Gasteiger partial charge on any atom is 0.338 e. The smallest absolute Gasteiger partial charge is 0.338 e. The van der Waals surface area contributed by atoms with Gasteiger partial charge in [-0.2, -0.15) is 0 Å². The van der Waals surface area contributed by atoms with E-state index in [0.29, 0.717) is 34.9 Å². The summed E-state index contributed by atoms with van der Waals surface area (Å²) < 4.78 is 16.7. The van der Waals surface area contributed by atoms with Gasteiger partial charge in [0.25, 0.3) is 0 Å². The number of benzene rings is 2. The molecule has 0 bridgehead atoms. The van der Waals surface area contributed by atoms with Crippen LogP contribution in [0.4, 0.5) is 5.69 Å². The molecule has 2 aromatic rings. The molecule has 0 saturated carbocycles. The Morgan fingerprint density at radius 1 is 1.25 bits per heavy atom. The summed E-state index contributed by atoms with van der Waals surface area (Å²) in [5.41, 5.74) is 1.48. The average Bonchev–Trinajstić information content (AvgIpc) is 2.89. The summed E-state index contributed by atoms with van der Waals surface area (Å²) in [5, 5.41) is 0. The first-order valence-corrected chi connectivity index (χ1v) is 7.51. The number of rotatable bonds is 3. The lowest BCUT2D eigenvalue weighted by Crippen LogP contribution is -2.24. The fourth-order valence-corrected chi connectivity index (χ4v) is 2.69. The van der Waals surface area contributed by atoms with Crippen molar-refractivity contribution in [3.8, 4) is 17.2 Å². The minimum atomic E-state index is -0.445. The molecule has 0 saturated heterocycles. The highest BCUT2D eigenvalue weighted by Crippen LogP contribution is 2.43. The van der Waals surface area contributed by atoms with E-state index in [0.717, 1.165) is 5.56 Å². The van der Waals surface area contributed by atoms with Crippen LogP contribution in [0.25, 0.3) is 4.85 Å². The lowest BCUT2D eigenvalue weighted by Gasteiger charge is -2.16. The van der Waals surface area contributed by atoms with Crippen LogP contribution in [0.15, 0.2) is 36.4 Å². The van der Waals surface area contributed by atoms with Crippen molar-refractivity contribution < 1.29 is 19.0 Å². The van der Waals surface area contributed by atoms with Crippen molar-refractivity contribution in [2.75, 3.05) is 7.11 Å². The van der Waals surface area contributed by atoms with E-state index in [4.69, 9.17) is 20.8 Å². The van der Waals surface area contributed by atoms with Gasteiger partial charge in [-0.1, -0.05) is 12.1 Å². The van der Waals surface area contributed by atoms with E-state index >= 15 is 0 Å². The highest BCUT2D eigenvalue weighted by molar-refractivity contribution is 5.91. The number of hydrogen-bond acceptors (Lipinski definition) is 4. The summed E-state index contributed by atoms with van der Waals surface area (Å²) >= 11 is 0. The molecule has 1 heterocycles. The van der Waals surface area contributed by atoms with E-state index in [9.17, 15) is 4.79 Å². The van der Waals surface area contributed by atoms with E-state index in [1.165, 1.54) is 7.11 Å². The summed E-state index contributed by atoms with van der Waals surface area (Å²) in [7, 11) is 1.34. The Hall–Kier alpha value is -3.00. The van der Waals surface area contributed by atoms with Crippen molar-refractivity contribution in [1.82, 2.24) is 0 Å². The third-order valence-electron chi connectivity index (χ3n) is 3.77. The van der Waals surface area contributed by atoms with Crippen molar-refractivity contribution in [1.29, 1.82) is 0 Å². The van der Waals surface area contributed by atoms with Crippen molar-refractivity contribution in [3.63, 3.8) is 0 Å². The van der Waals surface area contributed by atoms with Gasteiger partial charge in [0.2, 0.25) is 0 Å². The predicted molar refractivity (Wildman–Crippen MR) is 89.0 cm³/mol. The summed E-state index contributed by atoms with van der Waals surface area (Å²) in [5.74, 6) is 1.35. The zero-order chi connectivity index (χ0) is 17.3. The summed E-state index contributed by atoms with van der Waals surface area (Å²) in [6, 6.07) is 10.2. The number of hydrogen-bond donors (Lipinski definition) is 0. The van der Waals surface area contributed by atoms with E-state index in [2.05, 4.69) is 4.85 Å². The topological polar surface area (TPSA) is 49.1 Å². The molecule has 0 unspecified atom stereocenters. The molecule has 0 aromatic heterocycles. The highest BCUT2D eigenvalue weighted by Gasteiger charge is 2.34. The first-order valence-electron chi connectivity index (χ1n) is 7.51. The second kappa shape index (κ2) is 5.89. The molecule has 0 aliphatic carbocycles. The fourth-order valence-electron chi connectivity index (χ4n) is 2.69. The van der Waals surface area contributed by atoms with Gasteiger partial charge in [-0.3, -0.25) is 0 Å². The Labute approximate surface area is 140 Å². The molecule has 5 heteroatoms. The quantitative estimate of drug-likeness (QED) is 0.615. The van der Waals surface area contributed by atoms with Crippen LogP contribution < -0.4 is 9.47 Å². The molecule has 2 aromatic carbocycles. The van der Waals surface area contributed by atoms with Gasteiger partial charge in [-0.15, -0.1) is 0 Å². The first-order chi connectivity index (χ1) is 11.4. The minimum absolute atomic E-state index is 0.358. The van der Waals surface area contributed by atoms with Crippen molar-refractivity contribution >= 4 is 11.7 Å². The average molecular weight is 323 g/mol. The number of esters is 1. The summed E-state index contributed by atoms with van der Waals surface area (Å²) in [6.45, 7) is 11.0. The van der Waals surface area contributed by atoms with Crippen LogP contribution >= 0.6 is 0 Å². The monoisotopic (exact) mass is 323 g/mol. The summed E-state index contributed by atoms with van der Waals surface area (Å²) in [6.07, 6.45) is 0.680. The number of methoxy groups -OCH3 is 1. The maximum absolute atomic E-state index is 11.9.